The summed E-state index contributed by atoms with van der Waals surface area (Å²) >= 11 is 0. The molecular formula is C17H16N4O3S. The zero-order valence-electron chi connectivity index (χ0n) is 13.1. The van der Waals surface area contributed by atoms with E-state index < -0.39 is 10.0 Å². The average Bonchev–Trinajstić information content (AvgIpc) is 2.59. The number of anilines is 2. The van der Waals surface area contributed by atoms with E-state index in [1.165, 1.54) is 12.1 Å². The lowest BCUT2D eigenvalue weighted by Gasteiger charge is -2.09. The summed E-state index contributed by atoms with van der Waals surface area (Å²) < 4.78 is 22.7. The van der Waals surface area contributed by atoms with Gasteiger partial charge >= 0.3 is 0 Å². The van der Waals surface area contributed by atoms with E-state index in [1.54, 1.807) is 30.6 Å². The first-order valence-corrected chi connectivity index (χ1v) is 8.97. The second kappa shape index (κ2) is 6.88. The van der Waals surface area contributed by atoms with Crippen molar-refractivity contribution in [2.75, 3.05) is 17.2 Å². The highest BCUT2D eigenvalue weighted by molar-refractivity contribution is 7.89. The Hall–Kier alpha value is -2.97. The van der Waals surface area contributed by atoms with Crippen LogP contribution in [0.2, 0.25) is 0 Å². The van der Waals surface area contributed by atoms with Crippen molar-refractivity contribution < 1.29 is 13.2 Å². The largest absolute Gasteiger partial charge is 0.376 e. The van der Waals surface area contributed by atoms with Crippen LogP contribution in [0.25, 0.3) is 10.8 Å². The fraction of sp³-hybridized carbons (Fsp3) is 0.0588. The molecule has 0 unspecified atom stereocenters. The van der Waals surface area contributed by atoms with Crippen LogP contribution in [-0.4, -0.2) is 25.9 Å². The van der Waals surface area contributed by atoms with Crippen LogP contribution in [0.1, 0.15) is 0 Å². The van der Waals surface area contributed by atoms with Gasteiger partial charge in [0.1, 0.15) is 0 Å². The number of aromatic nitrogens is 1. The molecule has 1 heterocycles. The van der Waals surface area contributed by atoms with Crippen molar-refractivity contribution in [3.05, 3.63) is 60.9 Å². The average molecular weight is 356 g/mol. The number of sulfonamides is 1. The highest BCUT2D eigenvalue weighted by Crippen LogP contribution is 2.18. The summed E-state index contributed by atoms with van der Waals surface area (Å²) in [5, 5.41) is 12.7. The first kappa shape index (κ1) is 16.9. The third kappa shape index (κ3) is 4.31. The lowest BCUT2D eigenvalue weighted by molar-refractivity contribution is -0.114. The Labute approximate surface area is 144 Å². The van der Waals surface area contributed by atoms with E-state index in [0.717, 1.165) is 10.8 Å². The molecule has 0 aliphatic carbocycles. The standard InChI is InChI=1S/C17H16N4O3S/c18-25(23,24)16-3-1-2-14(9-16)20-11-17(22)21-15-5-4-13-10-19-7-6-12(13)8-15/h1-10,20H,11H2,(H,21,22)(H2,18,23,24). The molecule has 0 bridgehead atoms. The number of fused-ring (bicyclic) bond motifs is 1. The number of carbonyl (C=O) groups excluding carboxylic acids is 1. The number of pyridine rings is 1. The van der Waals surface area contributed by atoms with E-state index in [4.69, 9.17) is 5.14 Å². The number of nitrogens with zero attached hydrogens (tertiary/aromatic N) is 1. The molecule has 0 fully saturated rings. The van der Waals surface area contributed by atoms with Crippen molar-refractivity contribution in [1.82, 2.24) is 4.98 Å². The van der Waals surface area contributed by atoms with Crippen molar-refractivity contribution in [2.45, 2.75) is 4.90 Å². The van der Waals surface area contributed by atoms with E-state index >= 15 is 0 Å². The van der Waals surface area contributed by atoms with Crippen LogP contribution in [0.3, 0.4) is 0 Å². The van der Waals surface area contributed by atoms with Crippen LogP contribution in [0.15, 0.2) is 65.8 Å². The molecule has 3 rings (SSSR count). The molecule has 0 saturated carbocycles. The maximum Gasteiger partial charge on any atom is 0.243 e. The summed E-state index contributed by atoms with van der Waals surface area (Å²) in [5.41, 5.74) is 1.16. The fourth-order valence-corrected chi connectivity index (χ4v) is 2.89. The van der Waals surface area contributed by atoms with E-state index in [-0.39, 0.29) is 17.3 Å². The van der Waals surface area contributed by atoms with Gasteiger partial charge in [-0.1, -0.05) is 12.1 Å². The van der Waals surface area contributed by atoms with E-state index in [2.05, 4.69) is 15.6 Å². The van der Waals surface area contributed by atoms with Crippen LogP contribution in [0.4, 0.5) is 11.4 Å². The van der Waals surface area contributed by atoms with Crippen molar-refractivity contribution >= 4 is 38.1 Å². The highest BCUT2D eigenvalue weighted by Gasteiger charge is 2.09. The lowest BCUT2D eigenvalue weighted by Crippen LogP contribution is -2.22. The molecule has 8 heteroatoms. The minimum absolute atomic E-state index is 0.0115. The third-order valence-electron chi connectivity index (χ3n) is 3.54. The number of nitrogens with one attached hydrogen (secondary N) is 2. The summed E-state index contributed by atoms with van der Waals surface area (Å²) in [6, 6.07) is 13.4. The predicted molar refractivity (Wildman–Crippen MR) is 96.7 cm³/mol. The van der Waals surface area contributed by atoms with Gasteiger partial charge in [0.25, 0.3) is 0 Å². The van der Waals surface area contributed by atoms with Crippen LogP contribution in [0.5, 0.6) is 0 Å². The summed E-state index contributed by atoms with van der Waals surface area (Å²) in [6.07, 6.45) is 3.44. The van der Waals surface area contributed by atoms with Crippen LogP contribution in [-0.2, 0) is 14.8 Å². The first-order valence-electron chi connectivity index (χ1n) is 7.42. The van der Waals surface area contributed by atoms with E-state index in [1.807, 2.05) is 18.2 Å². The van der Waals surface area contributed by atoms with Gasteiger partial charge in [-0.3, -0.25) is 9.78 Å². The second-order valence-corrected chi connectivity index (χ2v) is 6.97. The van der Waals surface area contributed by atoms with Crippen molar-refractivity contribution in [1.29, 1.82) is 0 Å². The predicted octanol–water partition coefficient (Wildman–Crippen LogP) is 1.93. The number of nitrogens with two attached hydrogens (primary N) is 1. The Kier molecular flexibility index (Phi) is 4.64. The monoisotopic (exact) mass is 356 g/mol. The maximum atomic E-state index is 12.1. The van der Waals surface area contributed by atoms with E-state index in [0.29, 0.717) is 11.4 Å². The van der Waals surface area contributed by atoms with Gasteiger partial charge in [-0.15, -0.1) is 0 Å². The van der Waals surface area contributed by atoms with Gasteiger partial charge in [0.15, 0.2) is 0 Å². The minimum Gasteiger partial charge on any atom is -0.376 e. The molecule has 4 N–H and O–H groups in total. The van der Waals surface area contributed by atoms with Gasteiger partial charge in [0.05, 0.1) is 11.4 Å². The van der Waals surface area contributed by atoms with Gasteiger partial charge in [0, 0.05) is 29.2 Å². The Morgan fingerprint density at radius 2 is 1.88 bits per heavy atom. The van der Waals surface area contributed by atoms with Crippen molar-refractivity contribution in [3.8, 4) is 0 Å². The molecule has 128 valence electrons. The molecule has 2 aromatic carbocycles. The number of amides is 1. The summed E-state index contributed by atoms with van der Waals surface area (Å²) in [5.74, 6) is -0.255. The van der Waals surface area contributed by atoms with Gasteiger partial charge in [-0.25, -0.2) is 13.6 Å². The molecule has 0 saturated heterocycles. The molecule has 0 aliphatic rings. The number of rotatable bonds is 5. The molecule has 0 spiro atoms. The molecular weight excluding hydrogens is 340 g/mol. The SMILES string of the molecule is NS(=O)(=O)c1cccc(NCC(=O)Nc2ccc3cnccc3c2)c1. The third-order valence-corrected chi connectivity index (χ3v) is 4.45. The zero-order valence-corrected chi connectivity index (χ0v) is 14.0. The van der Waals surface area contributed by atoms with Gasteiger partial charge < -0.3 is 10.6 Å². The Morgan fingerprint density at radius 3 is 2.68 bits per heavy atom. The fourth-order valence-electron chi connectivity index (χ4n) is 2.33. The van der Waals surface area contributed by atoms with Crippen LogP contribution in [0, 0.1) is 0 Å². The number of primary sulfonamides is 1. The molecule has 25 heavy (non-hydrogen) atoms. The lowest BCUT2D eigenvalue weighted by atomic mass is 10.1. The smallest absolute Gasteiger partial charge is 0.243 e. The summed E-state index contributed by atoms with van der Waals surface area (Å²) in [4.78, 5) is 16.1. The Morgan fingerprint density at radius 1 is 1.04 bits per heavy atom. The Bertz CT molecular complexity index is 1030. The number of benzene rings is 2. The highest BCUT2D eigenvalue weighted by atomic mass is 32.2. The molecule has 0 atom stereocenters. The molecule has 1 amide bonds. The Balaban J connectivity index is 1.64. The molecule has 7 nitrogen and oxygen atoms in total. The molecule has 0 radical (unpaired) electrons. The van der Waals surface area contributed by atoms with Crippen molar-refractivity contribution in [2.24, 2.45) is 5.14 Å². The summed E-state index contributed by atoms with van der Waals surface area (Å²) in [6.45, 7) is -0.0115. The van der Waals surface area contributed by atoms with Gasteiger partial charge in [-0.05, 0) is 41.8 Å². The molecule has 0 aliphatic heterocycles. The van der Waals surface area contributed by atoms with E-state index in [9.17, 15) is 13.2 Å². The molecule has 3 aromatic rings. The number of hydrogen-bond acceptors (Lipinski definition) is 5. The zero-order chi connectivity index (χ0) is 17.9. The minimum atomic E-state index is -3.78. The quantitative estimate of drug-likeness (QED) is 0.646. The maximum absolute atomic E-state index is 12.1. The van der Waals surface area contributed by atoms with Crippen molar-refractivity contribution in [3.63, 3.8) is 0 Å². The number of carbonyl (C=O) groups is 1. The van der Waals surface area contributed by atoms with Crippen LogP contribution < -0.4 is 15.8 Å². The normalized spacial score (nSPS) is 11.2. The van der Waals surface area contributed by atoms with Gasteiger partial charge in [0.2, 0.25) is 15.9 Å². The van der Waals surface area contributed by atoms with Gasteiger partial charge in [-0.2, -0.15) is 0 Å². The molecule has 1 aromatic heterocycles. The topological polar surface area (TPSA) is 114 Å². The first-order chi connectivity index (χ1) is 11.9. The summed E-state index contributed by atoms with van der Waals surface area (Å²) in [7, 11) is -3.78. The second-order valence-electron chi connectivity index (χ2n) is 5.41. The van der Waals surface area contributed by atoms with Crippen LogP contribution >= 0.6 is 0 Å². The number of hydrogen-bond donors (Lipinski definition) is 3.